The van der Waals surface area contributed by atoms with Gasteiger partial charge in [0, 0.05) is 19.5 Å². The van der Waals surface area contributed by atoms with E-state index in [4.69, 9.17) is 0 Å². The summed E-state index contributed by atoms with van der Waals surface area (Å²) >= 11 is 0. The van der Waals surface area contributed by atoms with Gasteiger partial charge in [-0.15, -0.1) is 0 Å². The maximum absolute atomic E-state index is 4.25. The van der Waals surface area contributed by atoms with E-state index in [0.29, 0.717) is 0 Å². The SMILES string of the molecule is [CH][CH2-].[CH][CH2-].[CH][CH2-].[Zn]. The molecular weight excluding hydrogens is 137 g/mol. The summed E-state index contributed by atoms with van der Waals surface area (Å²) in [6.07, 6.45) is 0. The molecule has 0 aromatic carbocycles. The van der Waals surface area contributed by atoms with Crippen molar-refractivity contribution < 1.29 is 19.5 Å². The molecular formula is C6H9Zn-3. The number of hydrogen-bond acceptors (Lipinski definition) is 0. The van der Waals surface area contributed by atoms with E-state index in [1.165, 1.54) is 0 Å². The van der Waals surface area contributed by atoms with Crippen LogP contribution in [0.2, 0.25) is 0 Å². The monoisotopic (exact) mass is 145 g/mol. The Morgan fingerprint density at radius 3 is 0.571 bits per heavy atom. The summed E-state index contributed by atoms with van der Waals surface area (Å²) in [6, 6.07) is 0. The molecule has 6 radical (unpaired) electrons. The summed E-state index contributed by atoms with van der Waals surface area (Å²) < 4.78 is 0. The summed E-state index contributed by atoms with van der Waals surface area (Å²) in [7, 11) is 0. The maximum Gasteiger partial charge on any atom is 0 e. The zero-order valence-corrected chi connectivity index (χ0v) is 7.53. The van der Waals surface area contributed by atoms with Crippen LogP contribution in [-0.4, -0.2) is 0 Å². The van der Waals surface area contributed by atoms with Crippen LogP contribution in [0, 0.1) is 41.5 Å². The van der Waals surface area contributed by atoms with Crippen LogP contribution in [0.3, 0.4) is 0 Å². The molecule has 0 spiro atoms. The largest absolute Gasteiger partial charge is 0.345 e. The topological polar surface area (TPSA) is 0 Å². The zero-order chi connectivity index (χ0) is 6.00. The molecule has 0 saturated heterocycles. The van der Waals surface area contributed by atoms with Crippen molar-refractivity contribution in [2.24, 2.45) is 0 Å². The van der Waals surface area contributed by atoms with Crippen molar-refractivity contribution >= 4 is 0 Å². The number of hydrogen-bond donors (Lipinski definition) is 0. The van der Waals surface area contributed by atoms with Gasteiger partial charge in [0.1, 0.15) is 0 Å². The molecule has 0 aromatic heterocycles. The van der Waals surface area contributed by atoms with Crippen LogP contribution in [0.25, 0.3) is 0 Å². The van der Waals surface area contributed by atoms with Gasteiger partial charge in [-0.2, -0.15) is 0 Å². The van der Waals surface area contributed by atoms with E-state index in [0.717, 1.165) is 0 Å². The smallest absolute Gasteiger partial charge is 0 e. The van der Waals surface area contributed by atoms with Gasteiger partial charge in [-0.25, -0.2) is 20.8 Å². The Labute approximate surface area is 61.5 Å². The first kappa shape index (κ1) is 25.5. The van der Waals surface area contributed by atoms with Gasteiger partial charge < -0.3 is 20.8 Å². The Bertz CT molecular complexity index is 4.14. The summed E-state index contributed by atoms with van der Waals surface area (Å²) in [5, 5.41) is 0. The predicted molar refractivity (Wildman–Crippen MR) is 29.0 cm³/mol. The molecule has 1 heteroatoms. The van der Waals surface area contributed by atoms with Gasteiger partial charge in [0.05, 0.1) is 0 Å². The molecule has 0 nitrogen and oxygen atoms in total. The minimum Gasteiger partial charge on any atom is -0.345 e. The van der Waals surface area contributed by atoms with Gasteiger partial charge in [0.2, 0.25) is 0 Å². The van der Waals surface area contributed by atoms with Crippen LogP contribution in [0.15, 0.2) is 0 Å². The van der Waals surface area contributed by atoms with E-state index in [9.17, 15) is 0 Å². The van der Waals surface area contributed by atoms with Crippen LogP contribution in [0.1, 0.15) is 0 Å². The van der Waals surface area contributed by atoms with Gasteiger partial charge in [0.15, 0.2) is 0 Å². The fourth-order valence-electron chi connectivity index (χ4n) is 0. The molecule has 7 heavy (non-hydrogen) atoms. The molecule has 0 heterocycles. The standard InChI is InChI=1S/3C2H3.Zn/c3*1-2;/h3*1H,2H2;/q3*-1;. The van der Waals surface area contributed by atoms with E-state index in [1.807, 2.05) is 0 Å². The molecule has 0 aliphatic heterocycles. The van der Waals surface area contributed by atoms with Gasteiger partial charge in [-0.3, -0.25) is 0 Å². The molecule has 0 N–H and O–H groups in total. The number of rotatable bonds is 0. The Balaban J connectivity index is -0.00000000900. The van der Waals surface area contributed by atoms with Gasteiger partial charge in [0.25, 0.3) is 0 Å². The molecule has 0 unspecified atom stereocenters. The zero-order valence-electron chi connectivity index (χ0n) is 4.56. The molecule has 38 valence electrons. The second-order valence-corrected chi connectivity index (χ2v) is 0. The average Bonchev–Trinajstić information content (AvgIpc) is 1.81. The quantitative estimate of drug-likeness (QED) is 0.360. The minimum absolute atomic E-state index is 0. The third-order valence-electron chi connectivity index (χ3n) is 0. The van der Waals surface area contributed by atoms with Crippen molar-refractivity contribution in [2.45, 2.75) is 0 Å². The van der Waals surface area contributed by atoms with E-state index < -0.39 is 0 Å². The van der Waals surface area contributed by atoms with Crippen LogP contribution < -0.4 is 0 Å². The molecule has 0 saturated carbocycles. The third-order valence-corrected chi connectivity index (χ3v) is 0. The first-order chi connectivity index (χ1) is 3.00. The van der Waals surface area contributed by atoms with Crippen molar-refractivity contribution in [3.8, 4) is 0 Å². The summed E-state index contributed by atoms with van der Waals surface area (Å²) in [6.45, 7) is 21.0. The fraction of sp³-hybridized carbons (Fsp3) is 0. The first-order valence-electron chi connectivity index (χ1n) is 1.22. The molecule has 0 rings (SSSR count). The van der Waals surface area contributed by atoms with Crippen molar-refractivity contribution in [3.05, 3.63) is 41.5 Å². The second kappa shape index (κ2) is 539. The molecule has 0 aliphatic rings. The van der Waals surface area contributed by atoms with Crippen LogP contribution >= 0.6 is 0 Å². The average molecular weight is 147 g/mol. The Hall–Kier alpha value is 0.623. The summed E-state index contributed by atoms with van der Waals surface area (Å²) in [5.41, 5.74) is 0. The van der Waals surface area contributed by atoms with Crippen molar-refractivity contribution in [3.63, 3.8) is 0 Å². The summed E-state index contributed by atoms with van der Waals surface area (Å²) in [4.78, 5) is 0. The van der Waals surface area contributed by atoms with E-state index in [1.54, 1.807) is 0 Å². The first-order valence-corrected chi connectivity index (χ1v) is 1.22. The van der Waals surface area contributed by atoms with Crippen LogP contribution in [-0.2, 0) is 19.5 Å². The fourth-order valence-corrected chi connectivity index (χ4v) is 0. The maximum atomic E-state index is 4.25. The van der Waals surface area contributed by atoms with Crippen molar-refractivity contribution in [1.82, 2.24) is 0 Å². The van der Waals surface area contributed by atoms with Crippen LogP contribution in [0.4, 0.5) is 0 Å². The normalized spacial score (nSPS) is 2.57. The van der Waals surface area contributed by atoms with E-state index in [-0.39, 0.29) is 19.5 Å². The van der Waals surface area contributed by atoms with E-state index in [2.05, 4.69) is 41.5 Å². The Kier molecular flexibility index (Phi) is 1960. The third kappa shape index (κ3) is 364. The second-order valence-electron chi connectivity index (χ2n) is 0. The molecule has 0 aliphatic carbocycles. The Morgan fingerprint density at radius 1 is 0.571 bits per heavy atom. The minimum atomic E-state index is 0. The Morgan fingerprint density at radius 2 is 0.571 bits per heavy atom. The van der Waals surface area contributed by atoms with Crippen molar-refractivity contribution in [2.75, 3.05) is 0 Å². The summed E-state index contributed by atoms with van der Waals surface area (Å²) in [5.74, 6) is 0. The van der Waals surface area contributed by atoms with Gasteiger partial charge in [-0.05, 0) is 0 Å². The predicted octanol–water partition coefficient (Wildman–Crippen LogP) is 1.59. The molecule has 0 bridgehead atoms. The van der Waals surface area contributed by atoms with Gasteiger partial charge in [-0.1, -0.05) is 0 Å². The van der Waals surface area contributed by atoms with Crippen molar-refractivity contribution in [1.29, 1.82) is 0 Å². The van der Waals surface area contributed by atoms with E-state index >= 15 is 0 Å². The molecule has 0 amide bonds. The molecule has 0 atom stereocenters. The van der Waals surface area contributed by atoms with Gasteiger partial charge >= 0.3 is 0 Å². The molecule has 0 aromatic rings. The van der Waals surface area contributed by atoms with Crippen LogP contribution in [0.5, 0.6) is 0 Å². The molecule has 0 fully saturated rings.